The Morgan fingerprint density at radius 2 is 2.00 bits per heavy atom. The molecule has 0 aliphatic heterocycles. The average molecular weight is 294 g/mol. The van der Waals surface area contributed by atoms with Crippen LogP contribution in [0.5, 0.6) is 0 Å². The Labute approximate surface area is 114 Å². The molecule has 0 spiro atoms. The predicted octanol–water partition coefficient (Wildman–Crippen LogP) is 3.77. The van der Waals surface area contributed by atoms with Crippen molar-refractivity contribution in [2.75, 3.05) is 0 Å². The summed E-state index contributed by atoms with van der Waals surface area (Å²) >= 11 is -0.556. The molecule has 0 unspecified atom stereocenters. The maximum atomic E-state index is 4.89. The molecular weight excluding hydrogens is 279 g/mol. The summed E-state index contributed by atoms with van der Waals surface area (Å²) in [6.45, 7) is 0. The van der Waals surface area contributed by atoms with Gasteiger partial charge in [-0.25, -0.2) is 0 Å². The van der Waals surface area contributed by atoms with E-state index in [0.717, 1.165) is 5.69 Å². The normalized spacial score (nSPS) is 16.9. The number of aromatic nitrogens is 1. The van der Waals surface area contributed by atoms with Crippen LogP contribution in [0.1, 0.15) is 37.8 Å². The van der Waals surface area contributed by atoms with Gasteiger partial charge in [-0.3, -0.25) is 4.99 Å². The van der Waals surface area contributed by atoms with Crippen LogP contribution < -0.4 is 4.98 Å². The summed E-state index contributed by atoms with van der Waals surface area (Å²) in [7, 11) is 9.78. The minimum atomic E-state index is -0.556. The Hall–Kier alpha value is 0.244. The fraction of sp³-hybridized carbons (Fsp3) is 0.545. The van der Waals surface area contributed by atoms with Gasteiger partial charge < -0.3 is 4.98 Å². The molecule has 2 rings (SSSR count). The number of aliphatic imine (C=N–C) groups is 1. The van der Waals surface area contributed by atoms with Gasteiger partial charge in [0.1, 0.15) is 0 Å². The first-order chi connectivity index (χ1) is 7.86. The summed E-state index contributed by atoms with van der Waals surface area (Å²) in [6.07, 6.45) is 10.3. The number of hydrogen-bond donors (Lipinski definition) is 0. The first kappa shape index (κ1) is 14.3. The first-order valence-corrected chi connectivity index (χ1v) is 9.73. The van der Waals surface area contributed by atoms with E-state index in [1.807, 2.05) is 24.5 Å². The number of rotatable bonds is 2. The molecule has 88 valence electrons. The second-order valence-electron chi connectivity index (χ2n) is 3.70. The van der Waals surface area contributed by atoms with Gasteiger partial charge in [-0.05, 0) is 12.8 Å². The van der Waals surface area contributed by atoms with Crippen LogP contribution in [0.15, 0.2) is 23.3 Å². The van der Waals surface area contributed by atoms with Crippen LogP contribution in [0.4, 0.5) is 0 Å². The van der Waals surface area contributed by atoms with E-state index >= 15 is 0 Å². The van der Waals surface area contributed by atoms with E-state index in [0.29, 0.717) is 6.04 Å². The van der Waals surface area contributed by atoms with E-state index in [1.165, 1.54) is 32.1 Å². The van der Waals surface area contributed by atoms with E-state index in [4.69, 9.17) is 18.6 Å². The summed E-state index contributed by atoms with van der Waals surface area (Å²) in [5.41, 5.74) is 0.991. The molecule has 5 heteroatoms. The van der Waals surface area contributed by atoms with Crippen molar-refractivity contribution >= 4 is 24.8 Å². The molecule has 0 aromatic carbocycles. The second kappa shape index (κ2) is 9.29. The molecule has 1 heterocycles. The van der Waals surface area contributed by atoms with Crippen LogP contribution >= 0.6 is 18.6 Å². The van der Waals surface area contributed by atoms with Crippen molar-refractivity contribution in [3.8, 4) is 0 Å². The zero-order chi connectivity index (χ0) is 11.6. The fourth-order valence-corrected chi connectivity index (χ4v) is 1.80. The van der Waals surface area contributed by atoms with Crippen molar-refractivity contribution in [1.29, 1.82) is 0 Å². The zero-order valence-corrected chi connectivity index (χ0v) is 12.1. The van der Waals surface area contributed by atoms with Crippen LogP contribution in [0, 0.1) is 0 Å². The van der Waals surface area contributed by atoms with Crippen molar-refractivity contribution in [2.45, 2.75) is 38.1 Å². The van der Waals surface area contributed by atoms with Crippen molar-refractivity contribution in [2.24, 2.45) is 4.99 Å². The Bertz CT molecular complexity index is 282. The average Bonchev–Trinajstić information content (AvgIpc) is 2.82. The molecule has 16 heavy (non-hydrogen) atoms. The van der Waals surface area contributed by atoms with Gasteiger partial charge in [-0.2, -0.15) is 6.20 Å². The molecule has 0 bridgehead atoms. The Kier molecular flexibility index (Phi) is 8.31. The Balaban J connectivity index is 0.000000386. The van der Waals surface area contributed by atoms with E-state index in [-0.39, 0.29) is 0 Å². The van der Waals surface area contributed by atoms with E-state index in [1.54, 1.807) is 0 Å². The van der Waals surface area contributed by atoms with E-state index < -0.39 is 17.0 Å². The molecular formula is C11H15Cl2N2Ti-. The van der Waals surface area contributed by atoms with Crippen LogP contribution in [0.2, 0.25) is 0 Å². The third-order valence-electron chi connectivity index (χ3n) is 2.57. The van der Waals surface area contributed by atoms with Gasteiger partial charge in [-0.15, -0.1) is 5.69 Å². The third kappa shape index (κ3) is 6.10. The summed E-state index contributed by atoms with van der Waals surface area (Å²) in [6, 6.07) is 4.50. The summed E-state index contributed by atoms with van der Waals surface area (Å²) in [4.78, 5) is 8.69. The van der Waals surface area contributed by atoms with Crippen LogP contribution in [0.3, 0.4) is 0 Å². The van der Waals surface area contributed by atoms with Crippen molar-refractivity contribution < 1.29 is 17.0 Å². The topological polar surface area (TPSA) is 26.5 Å². The standard InChI is InChI=1S/C11H15N2.2ClH.Ti/c1-2-5-10(6-3-1)13-9-11-7-4-8-12-11;;;/h4,7-10H,1-3,5-6H2;2*1H;/q-1;;;+2/p-2. The molecule has 1 aliphatic rings. The molecule has 0 radical (unpaired) electrons. The van der Waals surface area contributed by atoms with Crippen LogP contribution in [-0.4, -0.2) is 12.3 Å². The summed E-state index contributed by atoms with van der Waals surface area (Å²) < 4.78 is 0. The van der Waals surface area contributed by atoms with Crippen LogP contribution in [0.25, 0.3) is 0 Å². The van der Waals surface area contributed by atoms with Crippen molar-refractivity contribution in [3.05, 3.63) is 24.0 Å². The van der Waals surface area contributed by atoms with E-state index in [9.17, 15) is 0 Å². The quantitative estimate of drug-likeness (QED) is 0.602. The van der Waals surface area contributed by atoms with Gasteiger partial charge in [0.05, 0.1) is 0 Å². The molecule has 0 saturated heterocycles. The molecule has 0 amide bonds. The molecule has 1 fully saturated rings. The summed E-state index contributed by atoms with van der Waals surface area (Å²) in [5.74, 6) is 0. The second-order valence-corrected chi connectivity index (χ2v) is 6.28. The molecule has 1 aromatic rings. The number of halogens is 2. The van der Waals surface area contributed by atoms with Gasteiger partial charge in [0.15, 0.2) is 0 Å². The molecule has 2 nitrogen and oxygen atoms in total. The Morgan fingerprint density at radius 3 is 2.56 bits per heavy atom. The van der Waals surface area contributed by atoms with Gasteiger partial charge in [0.25, 0.3) is 0 Å². The van der Waals surface area contributed by atoms with Gasteiger partial charge in [-0.1, -0.05) is 31.4 Å². The minimum absolute atomic E-state index is 0.556. The van der Waals surface area contributed by atoms with Gasteiger partial charge in [0.2, 0.25) is 0 Å². The monoisotopic (exact) mass is 293 g/mol. The SMILES string of the molecule is C(=NC1CCCCC1)c1ccc[n-]1.[Cl][Ti][Cl]. The number of nitrogens with zero attached hydrogens (tertiary/aromatic N) is 2. The van der Waals surface area contributed by atoms with Crippen molar-refractivity contribution in [1.82, 2.24) is 4.98 Å². The molecule has 1 saturated carbocycles. The van der Waals surface area contributed by atoms with E-state index in [2.05, 4.69) is 9.98 Å². The maximum absolute atomic E-state index is 4.89. The van der Waals surface area contributed by atoms with Gasteiger partial charge >= 0.3 is 35.6 Å². The molecule has 0 atom stereocenters. The third-order valence-corrected chi connectivity index (χ3v) is 2.57. The fourth-order valence-electron chi connectivity index (χ4n) is 1.80. The van der Waals surface area contributed by atoms with Crippen molar-refractivity contribution in [3.63, 3.8) is 0 Å². The predicted molar refractivity (Wildman–Crippen MR) is 65.9 cm³/mol. The Morgan fingerprint density at radius 1 is 1.31 bits per heavy atom. The molecule has 0 N–H and O–H groups in total. The first-order valence-electron chi connectivity index (χ1n) is 5.44. The molecule has 1 aliphatic carbocycles. The number of hydrogen-bond acceptors (Lipinski definition) is 1. The molecule has 1 aromatic heterocycles. The van der Waals surface area contributed by atoms with Gasteiger partial charge in [0, 0.05) is 12.3 Å². The zero-order valence-electron chi connectivity index (χ0n) is 9.07. The summed E-state index contributed by atoms with van der Waals surface area (Å²) in [5, 5.41) is 0. The van der Waals surface area contributed by atoms with Crippen LogP contribution in [-0.2, 0) is 17.0 Å².